The van der Waals surface area contributed by atoms with Crippen molar-refractivity contribution < 1.29 is 32.5 Å². The Balaban J connectivity index is 1.33. The van der Waals surface area contributed by atoms with Crippen molar-refractivity contribution in [1.29, 1.82) is 0 Å². The number of pyridine rings is 1. The van der Waals surface area contributed by atoms with Crippen LogP contribution in [0.5, 0.6) is 0 Å². The first-order valence-electron chi connectivity index (χ1n) is 13.1. The van der Waals surface area contributed by atoms with E-state index in [0.717, 1.165) is 37.9 Å². The maximum atomic E-state index is 14.1. The first-order valence-corrected chi connectivity index (χ1v) is 13.1. The van der Waals surface area contributed by atoms with Gasteiger partial charge >= 0.3 is 6.18 Å². The van der Waals surface area contributed by atoms with Crippen molar-refractivity contribution in [2.24, 2.45) is 11.3 Å². The number of methoxy groups -OCH3 is 1. The van der Waals surface area contributed by atoms with Crippen LogP contribution in [-0.4, -0.2) is 72.1 Å². The number of ether oxygens (including phenoxy) is 2. The average Bonchev–Trinajstić information content (AvgIpc) is 3.65. The van der Waals surface area contributed by atoms with Gasteiger partial charge in [0, 0.05) is 57.2 Å². The number of hydrogen-bond donors (Lipinski definition) is 2. The second kappa shape index (κ2) is 10.2. The number of alkyl halides is 3. The molecule has 3 fully saturated rings. The molecular formula is C26H36F3N3O4. The SMILES string of the molecule is COC1COCCC1NC1CCC(CC(O)C2CC2)(C(=O)N2CCc3ncc(C(F)(F)F)cc3C2)C1. The van der Waals surface area contributed by atoms with Gasteiger partial charge in [0.2, 0.25) is 5.91 Å². The maximum absolute atomic E-state index is 14.1. The Labute approximate surface area is 209 Å². The number of carbonyl (C=O) groups excluding carboxylic acids is 1. The third-order valence-electron chi connectivity index (χ3n) is 8.54. The molecule has 1 amide bonds. The van der Waals surface area contributed by atoms with Crippen LogP contribution < -0.4 is 5.32 Å². The quantitative estimate of drug-likeness (QED) is 0.586. The molecule has 2 aliphatic carbocycles. The normalized spacial score (nSPS) is 31.8. The lowest BCUT2D eigenvalue weighted by Crippen LogP contribution is -2.51. The van der Waals surface area contributed by atoms with Gasteiger partial charge in [-0.3, -0.25) is 9.78 Å². The maximum Gasteiger partial charge on any atom is 0.417 e. The van der Waals surface area contributed by atoms with Gasteiger partial charge in [-0.05, 0) is 62.5 Å². The summed E-state index contributed by atoms with van der Waals surface area (Å²) in [5, 5.41) is 14.6. The van der Waals surface area contributed by atoms with E-state index in [4.69, 9.17) is 9.47 Å². The van der Waals surface area contributed by atoms with Crippen LogP contribution in [0.25, 0.3) is 0 Å². The highest BCUT2D eigenvalue weighted by Gasteiger charge is 2.50. The molecule has 1 aromatic heterocycles. The topological polar surface area (TPSA) is 83.9 Å². The van der Waals surface area contributed by atoms with E-state index in [2.05, 4.69) is 10.3 Å². The van der Waals surface area contributed by atoms with Gasteiger partial charge in [-0.2, -0.15) is 13.2 Å². The first-order chi connectivity index (χ1) is 17.2. The molecule has 5 unspecified atom stereocenters. The second-order valence-corrected chi connectivity index (χ2v) is 11.0. The molecule has 0 bridgehead atoms. The van der Waals surface area contributed by atoms with Crippen molar-refractivity contribution in [3.63, 3.8) is 0 Å². The highest BCUT2D eigenvalue weighted by molar-refractivity contribution is 5.83. The van der Waals surface area contributed by atoms with Crippen molar-refractivity contribution in [2.45, 2.75) is 88.4 Å². The number of nitrogens with one attached hydrogen (secondary N) is 1. The first kappa shape index (κ1) is 25.9. The molecule has 2 N–H and O–H groups in total. The summed E-state index contributed by atoms with van der Waals surface area (Å²) < 4.78 is 50.9. The summed E-state index contributed by atoms with van der Waals surface area (Å²) in [6, 6.07) is 1.38. The number of amides is 1. The van der Waals surface area contributed by atoms with Crippen LogP contribution in [0, 0.1) is 11.3 Å². The minimum Gasteiger partial charge on any atom is -0.393 e. The van der Waals surface area contributed by atoms with Crippen molar-refractivity contribution >= 4 is 5.91 Å². The van der Waals surface area contributed by atoms with Gasteiger partial charge in [-0.25, -0.2) is 0 Å². The van der Waals surface area contributed by atoms with Crippen LogP contribution in [0.3, 0.4) is 0 Å². The van der Waals surface area contributed by atoms with Gasteiger partial charge in [0.05, 0.1) is 29.8 Å². The average molecular weight is 512 g/mol. The largest absolute Gasteiger partial charge is 0.417 e. The number of carbonyl (C=O) groups is 1. The fourth-order valence-corrected chi connectivity index (χ4v) is 6.31. The zero-order chi connectivity index (χ0) is 25.5. The minimum atomic E-state index is -4.47. The molecule has 2 saturated carbocycles. The second-order valence-electron chi connectivity index (χ2n) is 11.0. The molecule has 2 aliphatic heterocycles. The molecule has 10 heteroatoms. The molecule has 5 atom stereocenters. The Bertz CT molecular complexity index is 957. The van der Waals surface area contributed by atoms with Gasteiger partial charge in [-0.15, -0.1) is 0 Å². The van der Waals surface area contributed by atoms with Gasteiger partial charge in [0.15, 0.2) is 0 Å². The number of fused-ring (bicyclic) bond motifs is 1. The Morgan fingerprint density at radius 3 is 2.89 bits per heavy atom. The fraction of sp³-hybridized carbons (Fsp3) is 0.769. The third kappa shape index (κ3) is 5.42. The predicted molar refractivity (Wildman–Crippen MR) is 125 cm³/mol. The van der Waals surface area contributed by atoms with Crippen molar-refractivity contribution in [2.75, 3.05) is 26.9 Å². The molecule has 1 saturated heterocycles. The number of nitrogens with zero attached hydrogens (tertiary/aromatic N) is 2. The van der Waals surface area contributed by atoms with Crippen LogP contribution >= 0.6 is 0 Å². The van der Waals surface area contributed by atoms with E-state index in [1.54, 1.807) is 12.0 Å². The van der Waals surface area contributed by atoms with E-state index in [1.807, 2.05) is 0 Å². The molecule has 36 heavy (non-hydrogen) atoms. The highest BCUT2D eigenvalue weighted by atomic mass is 19.4. The lowest BCUT2D eigenvalue weighted by Gasteiger charge is -2.39. The smallest absolute Gasteiger partial charge is 0.393 e. The number of aliphatic hydroxyl groups excluding tert-OH is 1. The number of halogens is 3. The van der Waals surface area contributed by atoms with Crippen LogP contribution in [0.1, 0.15) is 61.8 Å². The van der Waals surface area contributed by atoms with E-state index in [-0.39, 0.29) is 36.6 Å². The zero-order valence-electron chi connectivity index (χ0n) is 20.7. The molecule has 0 spiro atoms. The number of aliphatic hydroxyl groups is 1. The molecular weight excluding hydrogens is 475 g/mol. The molecule has 3 heterocycles. The summed E-state index contributed by atoms with van der Waals surface area (Å²) in [5.41, 5.74) is -0.431. The van der Waals surface area contributed by atoms with Crippen LogP contribution in [-0.2, 0) is 33.4 Å². The monoisotopic (exact) mass is 511 g/mol. The molecule has 7 nitrogen and oxygen atoms in total. The van der Waals surface area contributed by atoms with E-state index >= 15 is 0 Å². The van der Waals surface area contributed by atoms with Crippen LogP contribution in [0.2, 0.25) is 0 Å². The summed E-state index contributed by atoms with van der Waals surface area (Å²) in [4.78, 5) is 19.8. The Kier molecular flexibility index (Phi) is 7.33. The molecule has 4 aliphatic rings. The van der Waals surface area contributed by atoms with Gasteiger partial charge in [0.25, 0.3) is 0 Å². The molecule has 0 radical (unpaired) electrons. The van der Waals surface area contributed by atoms with E-state index < -0.39 is 23.3 Å². The highest BCUT2D eigenvalue weighted by Crippen LogP contribution is 2.48. The third-order valence-corrected chi connectivity index (χ3v) is 8.54. The summed E-state index contributed by atoms with van der Waals surface area (Å²) in [7, 11) is 1.68. The van der Waals surface area contributed by atoms with Gasteiger partial charge in [-0.1, -0.05) is 0 Å². The fourth-order valence-electron chi connectivity index (χ4n) is 6.31. The van der Waals surface area contributed by atoms with Crippen molar-refractivity contribution in [1.82, 2.24) is 15.2 Å². The minimum absolute atomic E-state index is 0.0459. The number of aromatic nitrogens is 1. The molecule has 200 valence electrons. The summed E-state index contributed by atoms with van der Waals surface area (Å²) in [5.74, 6) is 0.195. The van der Waals surface area contributed by atoms with Crippen molar-refractivity contribution in [3.8, 4) is 0 Å². The van der Waals surface area contributed by atoms with Crippen molar-refractivity contribution in [3.05, 3.63) is 29.1 Å². The van der Waals surface area contributed by atoms with E-state index in [1.165, 1.54) is 0 Å². The van der Waals surface area contributed by atoms with Gasteiger partial charge < -0.3 is 24.8 Å². The Morgan fingerprint density at radius 1 is 1.36 bits per heavy atom. The van der Waals surface area contributed by atoms with E-state index in [9.17, 15) is 23.1 Å². The van der Waals surface area contributed by atoms with Gasteiger partial charge in [0.1, 0.15) is 0 Å². The van der Waals surface area contributed by atoms with Crippen LogP contribution in [0.4, 0.5) is 13.2 Å². The summed E-state index contributed by atoms with van der Waals surface area (Å²) in [6.45, 7) is 1.74. The molecule has 0 aromatic carbocycles. The number of hydrogen-bond acceptors (Lipinski definition) is 6. The Morgan fingerprint density at radius 2 is 2.17 bits per heavy atom. The lowest BCUT2D eigenvalue weighted by molar-refractivity contribution is -0.145. The Hall–Kier alpha value is -1.75. The van der Waals surface area contributed by atoms with Crippen LogP contribution in [0.15, 0.2) is 12.3 Å². The summed E-state index contributed by atoms with van der Waals surface area (Å²) in [6.07, 6.45) is 1.51. The zero-order valence-corrected chi connectivity index (χ0v) is 20.7. The standard InChI is InChI=1S/C26H36F3N3O4/c1-35-23-15-36-9-6-21(23)31-19-4-7-25(11-19,12-22(33)16-2-3-16)24(34)32-8-5-20-17(14-32)10-18(13-30-20)26(27,28)29/h10,13,16,19,21-23,31,33H,2-9,11-12,14-15H2,1H3. The lowest BCUT2D eigenvalue weighted by atomic mass is 9.77. The molecule has 5 rings (SSSR count). The summed E-state index contributed by atoms with van der Waals surface area (Å²) >= 11 is 0. The predicted octanol–water partition coefficient (Wildman–Crippen LogP) is 3.08. The number of rotatable bonds is 7. The van der Waals surface area contributed by atoms with E-state index in [0.29, 0.717) is 56.7 Å². The molecule has 1 aromatic rings.